The van der Waals surface area contributed by atoms with E-state index in [-0.39, 0.29) is 5.92 Å². The molecule has 2 aromatic carbocycles. The lowest BCUT2D eigenvalue weighted by Crippen LogP contribution is -2.00. The first-order valence-corrected chi connectivity index (χ1v) is 10.7. The first-order valence-electron chi connectivity index (χ1n) is 9.73. The van der Waals surface area contributed by atoms with Gasteiger partial charge in [-0.2, -0.15) is 10.2 Å². The molecule has 3 aromatic rings. The van der Waals surface area contributed by atoms with E-state index in [4.69, 9.17) is 10.00 Å². The maximum Gasteiger partial charge on any atom is 0.223 e. The number of aromatic nitrogens is 2. The van der Waals surface area contributed by atoms with E-state index in [1.165, 1.54) is 5.56 Å². The number of hydrogen-bond donors (Lipinski definition) is 0. The third kappa shape index (κ3) is 5.82. The van der Waals surface area contributed by atoms with Crippen LogP contribution >= 0.6 is 11.8 Å². The minimum Gasteiger partial charge on any atom is -0.439 e. The Kier molecular flexibility index (Phi) is 6.90. The van der Waals surface area contributed by atoms with Crippen LogP contribution < -0.4 is 4.74 Å². The summed E-state index contributed by atoms with van der Waals surface area (Å²) in [5.41, 5.74) is 3.95. The van der Waals surface area contributed by atoms with E-state index in [1.807, 2.05) is 36.4 Å². The molecule has 0 aliphatic carbocycles. The molecule has 0 saturated carbocycles. The van der Waals surface area contributed by atoms with E-state index in [1.54, 1.807) is 17.8 Å². The average Bonchev–Trinajstić information content (AvgIpc) is 2.72. The lowest BCUT2D eigenvalue weighted by Gasteiger charge is -2.12. The monoisotopic (exact) mass is 403 g/mol. The van der Waals surface area contributed by atoms with Crippen molar-refractivity contribution < 1.29 is 4.74 Å². The standard InChI is InChI=1S/C24H25N3OS/c1-16(2)20-8-10-21(11-9-20)28-23-13-22(17(3)4)26-24(27-23)29-15-19-7-5-6-18(12-19)14-25/h5-13,16-17H,15H2,1-4H3. The molecule has 0 aliphatic rings. The fourth-order valence-corrected chi connectivity index (χ4v) is 3.55. The van der Waals surface area contributed by atoms with Gasteiger partial charge in [0.05, 0.1) is 17.3 Å². The largest absolute Gasteiger partial charge is 0.439 e. The fourth-order valence-electron chi connectivity index (χ4n) is 2.75. The Labute approximate surface area is 177 Å². The van der Waals surface area contributed by atoms with Crippen molar-refractivity contribution in [3.05, 3.63) is 77.0 Å². The molecule has 5 heteroatoms. The van der Waals surface area contributed by atoms with Crippen molar-refractivity contribution in [2.75, 3.05) is 0 Å². The number of benzene rings is 2. The van der Waals surface area contributed by atoms with Gasteiger partial charge in [0.15, 0.2) is 5.16 Å². The molecule has 1 aromatic heterocycles. The van der Waals surface area contributed by atoms with Gasteiger partial charge in [0, 0.05) is 11.8 Å². The maximum atomic E-state index is 9.07. The first-order chi connectivity index (χ1) is 13.9. The van der Waals surface area contributed by atoms with Gasteiger partial charge in [0.25, 0.3) is 0 Å². The molecule has 148 valence electrons. The Morgan fingerprint density at radius 3 is 2.38 bits per heavy atom. The molecule has 1 heterocycles. The van der Waals surface area contributed by atoms with Crippen LogP contribution in [0.3, 0.4) is 0 Å². The Hall–Kier alpha value is -2.84. The molecule has 0 saturated heterocycles. The second kappa shape index (κ2) is 9.58. The normalized spacial score (nSPS) is 10.9. The molecule has 0 radical (unpaired) electrons. The molecule has 0 spiro atoms. The van der Waals surface area contributed by atoms with Gasteiger partial charge >= 0.3 is 0 Å². The predicted octanol–water partition coefficient (Wildman–Crippen LogP) is 6.68. The summed E-state index contributed by atoms with van der Waals surface area (Å²) >= 11 is 1.54. The van der Waals surface area contributed by atoms with Crippen LogP contribution in [0.4, 0.5) is 0 Å². The maximum absolute atomic E-state index is 9.07. The predicted molar refractivity (Wildman–Crippen MR) is 117 cm³/mol. The summed E-state index contributed by atoms with van der Waals surface area (Å²) in [6.07, 6.45) is 0. The van der Waals surface area contributed by atoms with Crippen LogP contribution in [-0.2, 0) is 5.75 Å². The highest BCUT2D eigenvalue weighted by atomic mass is 32.2. The molecule has 4 nitrogen and oxygen atoms in total. The average molecular weight is 404 g/mol. The van der Waals surface area contributed by atoms with Crippen molar-refractivity contribution in [1.82, 2.24) is 9.97 Å². The zero-order valence-corrected chi connectivity index (χ0v) is 18.0. The molecule has 0 fully saturated rings. The van der Waals surface area contributed by atoms with E-state index >= 15 is 0 Å². The van der Waals surface area contributed by atoms with Gasteiger partial charge < -0.3 is 4.74 Å². The van der Waals surface area contributed by atoms with Crippen molar-refractivity contribution in [2.24, 2.45) is 0 Å². The molecule has 0 bridgehead atoms. The van der Waals surface area contributed by atoms with Gasteiger partial charge in [-0.3, -0.25) is 0 Å². The lowest BCUT2D eigenvalue weighted by molar-refractivity contribution is 0.452. The molecule has 0 aliphatic heterocycles. The van der Waals surface area contributed by atoms with Crippen LogP contribution in [0.15, 0.2) is 59.8 Å². The summed E-state index contributed by atoms with van der Waals surface area (Å²) in [5, 5.41) is 9.74. The van der Waals surface area contributed by atoms with Gasteiger partial charge in [0.1, 0.15) is 5.75 Å². The third-order valence-corrected chi connectivity index (χ3v) is 5.41. The smallest absolute Gasteiger partial charge is 0.223 e. The van der Waals surface area contributed by atoms with Gasteiger partial charge in [0.2, 0.25) is 5.88 Å². The topological polar surface area (TPSA) is 58.8 Å². The highest BCUT2D eigenvalue weighted by molar-refractivity contribution is 7.98. The summed E-state index contributed by atoms with van der Waals surface area (Å²) < 4.78 is 6.03. The summed E-state index contributed by atoms with van der Waals surface area (Å²) in [6, 6.07) is 19.8. The quantitative estimate of drug-likeness (QED) is 0.325. The second-order valence-electron chi connectivity index (χ2n) is 7.49. The van der Waals surface area contributed by atoms with Crippen molar-refractivity contribution in [2.45, 2.75) is 50.4 Å². The molecule has 0 amide bonds. The Morgan fingerprint density at radius 1 is 0.966 bits per heavy atom. The number of hydrogen-bond acceptors (Lipinski definition) is 5. The summed E-state index contributed by atoms with van der Waals surface area (Å²) in [6.45, 7) is 8.55. The minimum atomic E-state index is 0.268. The first kappa shape index (κ1) is 20.9. The lowest BCUT2D eigenvalue weighted by atomic mass is 10.0. The fraction of sp³-hybridized carbons (Fsp3) is 0.292. The molecular weight excluding hydrogens is 378 g/mol. The molecule has 29 heavy (non-hydrogen) atoms. The van der Waals surface area contributed by atoms with E-state index in [9.17, 15) is 0 Å². The van der Waals surface area contributed by atoms with E-state index in [2.05, 4.69) is 55.9 Å². The second-order valence-corrected chi connectivity index (χ2v) is 8.44. The van der Waals surface area contributed by atoms with Crippen LogP contribution in [0.2, 0.25) is 0 Å². The van der Waals surface area contributed by atoms with Crippen LogP contribution in [0.1, 0.15) is 61.9 Å². The molecular formula is C24H25N3OS. The van der Waals surface area contributed by atoms with Crippen molar-refractivity contribution >= 4 is 11.8 Å². The number of rotatable bonds is 7. The SMILES string of the molecule is CC(C)c1ccc(Oc2cc(C(C)C)nc(SCc3cccc(C#N)c3)n2)cc1. The van der Waals surface area contributed by atoms with Gasteiger partial charge in [-0.1, -0.05) is 63.7 Å². The Balaban J connectivity index is 1.79. The van der Waals surface area contributed by atoms with E-state index < -0.39 is 0 Å². The van der Waals surface area contributed by atoms with Crippen LogP contribution in [0.25, 0.3) is 0 Å². The third-order valence-electron chi connectivity index (χ3n) is 4.49. The molecule has 0 N–H and O–H groups in total. The number of nitrogens with zero attached hydrogens (tertiary/aromatic N) is 3. The van der Waals surface area contributed by atoms with Crippen LogP contribution in [0, 0.1) is 11.3 Å². The minimum absolute atomic E-state index is 0.268. The molecule has 0 unspecified atom stereocenters. The highest BCUT2D eigenvalue weighted by Crippen LogP contribution is 2.28. The molecule has 3 rings (SSSR count). The van der Waals surface area contributed by atoms with E-state index in [0.29, 0.717) is 28.3 Å². The summed E-state index contributed by atoms with van der Waals surface area (Å²) in [7, 11) is 0. The summed E-state index contributed by atoms with van der Waals surface area (Å²) in [5.74, 6) is 2.76. The van der Waals surface area contributed by atoms with Crippen molar-refractivity contribution in [1.29, 1.82) is 5.26 Å². The van der Waals surface area contributed by atoms with Gasteiger partial charge in [-0.15, -0.1) is 0 Å². The van der Waals surface area contributed by atoms with Crippen LogP contribution in [-0.4, -0.2) is 9.97 Å². The summed E-state index contributed by atoms with van der Waals surface area (Å²) in [4.78, 5) is 9.27. The Morgan fingerprint density at radius 2 is 1.72 bits per heavy atom. The van der Waals surface area contributed by atoms with Crippen molar-refractivity contribution in [3.8, 4) is 17.7 Å². The van der Waals surface area contributed by atoms with Crippen LogP contribution in [0.5, 0.6) is 11.6 Å². The van der Waals surface area contributed by atoms with Gasteiger partial charge in [-0.25, -0.2) is 4.98 Å². The van der Waals surface area contributed by atoms with Crippen molar-refractivity contribution in [3.63, 3.8) is 0 Å². The number of nitriles is 1. The zero-order valence-electron chi connectivity index (χ0n) is 17.2. The highest BCUT2D eigenvalue weighted by Gasteiger charge is 2.11. The zero-order chi connectivity index (χ0) is 20.8. The Bertz CT molecular complexity index is 1010. The molecule has 0 atom stereocenters. The number of thioether (sulfide) groups is 1. The van der Waals surface area contributed by atoms with E-state index in [0.717, 1.165) is 17.0 Å². The van der Waals surface area contributed by atoms with Gasteiger partial charge in [-0.05, 0) is 47.2 Å². The number of ether oxygens (including phenoxy) is 1.